The molecule has 1 fully saturated rings. The summed E-state index contributed by atoms with van der Waals surface area (Å²) in [4.78, 5) is 4.88. The lowest BCUT2D eigenvalue weighted by atomic mass is 10.1. The lowest BCUT2D eigenvalue weighted by Gasteiger charge is -2.42. The summed E-state index contributed by atoms with van der Waals surface area (Å²) in [5, 5.41) is 11.8. The molecule has 0 bridgehead atoms. The molecule has 1 heterocycles. The van der Waals surface area contributed by atoms with Crippen molar-refractivity contribution in [1.82, 2.24) is 9.80 Å². The number of oxime groups is 1. The first-order valence-corrected chi connectivity index (χ1v) is 7.02. The summed E-state index contributed by atoms with van der Waals surface area (Å²) in [6.45, 7) is 7.54. The van der Waals surface area contributed by atoms with Gasteiger partial charge in [0.1, 0.15) is 0 Å². The number of likely N-dealkylation sites (N-methyl/N-ethyl adjacent to an activating group) is 1. The van der Waals surface area contributed by atoms with Gasteiger partial charge < -0.3 is 10.9 Å². The molecule has 20 heavy (non-hydrogen) atoms. The van der Waals surface area contributed by atoms with Crippen LogP contribution in [0.15, 0.2) is 29.4 Å². The molecule has 0 saturated carbocycles. The second-order valence-electron chi connectivity index (χ2n) is 5.74. The van der Waals surface area contributed by atoms with Crippen LogP contribution >= 0.6 is 0 Å². The third-order valence-corrected chi connectivity index (χ3v) is 4.17. The molecule has 1 aliphatic heterocycles. The molecular weight excluding hydrogens is 252 g/mol. The van der Waals surface area contributed by atoms with E-state index in [-0.39, 0.29) is 5.84 Å². The number of hydrogen-bond acceptors (Lipinski definition) is 4. The standard InChI is InChI=1S/C15H24N4O/c1-11-8-19(9-12(2)18(11)3)10-13-5-4-6-14(7-13)15(16)17-20/h4-7,11-12,20H,8-10H2,1-3H3,(H2,16,17). The molecule has 1 aromatic rings. The minimum atomic E-state index is 0.159. The summed E-state index contributed by atoms with van der Waals surface area (Å²) in [5.74, 6) is 0.159. The van der Waals surface area contributed by atoms with Crippen molar-refractivity contribution in [3.05, 3.63) is 35.4 Å². The molecule has 0 amide bonds. The summed E-state index contributed by atoms with van der Waals surface area (Å²) in [7, 11) is 2.19. The summed E-state index contributed by atoms with van der Waals surface area (Å²) in [6.07, 6.45) is 0. The van der Waals surface area contributed by atoms with E-state index in [9.17, 15) is 0 Å². The highest BCUT2D eigenvalue weighted by atomic mass is 16.4. The molecule has 5 heteroatoms. The maximum atomic E-state index is 8.75. The van der Waals surface area contributed by atoms with E-state index in [0.717, 1.165) is 25.2 Å². The summed E-state index contributed by atoms with van der Waals surface area (Å²) in [6, 6.07) is 9.00. The Kier molecular flexibility index (Phi) is 4.62. The van der Waals surface area contributed by atoms with Crippen molar-refractivity contribution in [2.75, 3.05) is 20.1 Å². The molecule has 1 aromatic carbocycles. The average Bonchev–Trinajstić information content (AvgIpc) is 2.44. The smallest absolute Gasteiger partial charge is 0.170 e. The van der Waals surface area contributed by atoms with Crippen LogP contribution in [0, 0.1) is 0 Å². The topological polar surface area (TPSA) is 65.1 Å². The van der Waals surface area contributed by atoms with E-state index in [1.54, 1.807) is 0 Å². The van der Waals surface area contributed by atoms with Crippen LogP contribution in [0.4, 0.5) is 0 Å². The van der Waals surface area contributed by atoms with Gasteiger partial charge in [-0.05, 0) is 32.5 Å². The highest BCUT2D eigenvalue weighted by molar-refractivity contribution is 5.97. The van der Waals surface area contributed by atoms with Crippen LogP contribution in [0.25, 0.3) is 0 Å². The van der Waals surface area contributed by atoms with Crippen LogP contribution in [-0.2, 0) is 6.54 Å². The van der Waals surface area contributed by atoms with Crippen molar-refractivity contribution in [1.29, 1.82) is 0 Å². The Morgan fingerprint density at radius 1 is 1.35 bits per heavy atom. The molecule has 3 N–H and O–H groups in total. The van der Waals surface area contributed by atoms with Crippen molar-refractivity contribution in [2.24, 2.45) is 10.9 Å². The number of nitrogens with two attached hydrogens (primary N) is 1. The average molecular weight is 276 g/mol. The lowest BCUT2D eigenvalue weighted by molar-refractivity contribution is 0.0556. The van der Waals surface area contributed by atoms with Crippen LogP contribution in [0.1, 0.15) is 25.0 Å². The zero-order chi connectivity index (χ0) is 14.7. The number of rotatable bonds is 3. The minimum Gasteiger partial charge on any atom is -0.409 e. The molecule has 0 aliphatic carbocycles. The van der Waals surface area contributed by atoms with E-state index in [4.69, 9.17) is 10.9 Å². The monoisotopic (exact) mass is 276 g/mol. The van der Waals surface area contributed by atoms with Gasteiger partial charge in [0.2, 0.25) is 0 Å². The number of hydrogen-bond donors (Lipinski definition) is 2. The van der Waals surface area contributed by atoms with Gasteiger partial charge >= 0.3 is 0 Å². The van der Waals surface area contributed by atoms with E-state index in [1.807, 2.05) is 18.2 Å². The maximum Gasteiger partial charge on any atom is 0.170 e. The summed E-state index contributed by atoms with van der Waals surface area (Å²) >= 11 is 0. The van der Waals surface area contributed by atoms with Crippen molar-refractivity contribution in [3.8, 4) is 0 Å². The Hall–Kier alpha value is -1.59. The Morgan fingerprint density at radius 3 is 2.60 bits per heavy atom. The predicted molar refractivity (Wildman–Crippen MR) is 80.9 cm³/mol. The quantitative estimate of drug-likeness (QED) is 0.378. The van der Waals surface area contributed by atoms with Crippen LogP contribution < -0.4 is 5.73 Å². The highest BCUT2D eigenvalue weighted by Gasteiger charge is 2.26. The largest absolute Gasteiger partial charge is 0.409 e. The maximum absolute atomic E-state index is 8.75. The summed E-state index contributed by atoms with van der Waals surface area (Å²) < 4.78 is 0. The van der Waals surface area contributed by atoms with E-state index in [1.165, 1.54) is 5.56 Å². The van der Waals surface area contributed by atoms with Crippen molar-refractivity contribution in [3.63, 3.8) is 0 Å². The van der Waals surface area contributed by atoms with E-state index in [2.05, 4.69) is 41.9 Å². The molecule has 0 spiro atoms. The molecule has 110 valence electrons. The fraction of sp³-hybridized carbons (Fsp3) is 0.533. The van der Waals surface area contributed by atoms with E-state index in [0.29, 0.717) is 12.1 Å². The third kappa shape index (κ3) is 3.29. The Labute approximate surface area is 120 Å². The number of piperazine rings is 1. The molecule has 1 saturated heterocycles. The molecule has 0 radical (unpaired) electrons. The van der Waals surface area contributed by atoms with Crippen LogP contribution in [0.3, 0.4) is 0 Å². The molecule has 5 nitrogen and oxygen atoms in total. The van der Waals surface area contributed by atoms with E-state index < -0.39 is 0 Å². The van der Waals surface area contributed by atoms with Gasteiger partial charge in [-0.15, -0.1) is 0 Å². The predicted octanol–water partition coefficient (Wildman–Crippen LogP) is 1.31. The Bertz CT molecular complexity index is 477. The number of nitrogens with zero attached hydrogens (tertiary/aromatic N) is 3. The van der Waals surface area contributed by atoms with E-state index >= 15 is 0 Å². The fourth-order valence-corrected chi connectivity index (χ4v) is 2.79. The number of amidine groups is 1. The first kappa shape index (κ1) is 14.8. The zero-order valence-corrected chi connectivity index (χ0v) is 12.5. The van der Waals surface area contributed by atoms with Gasteiger partial charge in [-0.2, -0.15) is 0 Å². The molecule has 2 rings (SSSR count). The molecular formula is C15H24N4O. The van der Waals surface area contributed by atoms with Gasteiger partial charge in [0.15, 0.2) is 5.84 Å². The fourth-order valence-electron chi connectivity index (χ4n) is 2.79. The Balaban J connectivity index is 2.07. The van der Waals surface area contributed by atoms with Crippen molar-refractivity contribution < 1.29 is 5.21 Å². The van der Waals surface area contributed by atoms with Crippen molar-refractivity contribution in [2.45, 2.75) is 32.5 Å². The molecule has 2 unspecified atom stereocenters. The second-order valence-corrected chi connectivity index (χ2v) is 5.74. The zero-order valence-electron chi connectivity index (χ0n) is 12.5. The van der Waals surface area contributed by atoms with Crippen LogP contribution in [-0.4, -0.2) is 53.1 Å². The highest BCUT2D eigenvalue weighted by Crippen LogP contribution is 2.16. The number of benzene rings is 1. The van der Waals surface area contributed by atoms with Gasteiger partial charge in [0.05, 0.1) is 0 Å². The normalized spacial score (nSPS) is 25.9. The van der Waals surface area contributed by atoms with Gasteiger partial charge in [-0.3, -0.25) is 9.80 Å². The van der Waals surface area contributed by atoms with Gasteiger partial charge in [-0.25, -0.2) is 0 Å². The second kappa shape index (κ2) is 6.24. The lowest BCUT2D eigenvalue weighted by Crippen LogP contribution is -2.54. The van der Waals surface area contributed by atoms with Gasteiger partial charge in [0.25, 0.3) is 0 Å². The first-order chi connectivity index (χ1) is 9.51. The van der Waals surface area contributed by atoms with Gasteiger partial charge in [-0.1, -0.05) is 23.4 Å². The van der Waals surface area contributed by atoms with Crippen LogP contribution in [0.5, 0.6) is 0 Å². The molecule has 0 aromatic heterocycles. The van der Waals surface area contributed by atoms with Gasteiger partial charge in [0, 0.05) is 37.3 Å². The first-order valence-electron chi connectivity index (χ1n) is 7.02. The molecule has 1 aliphatic rings. The Morgan fingerprint density at radius 2 is 2.00 bits per heavy atom. The van der Waals surface area contributed by atoms with Crippen molar-refractivity contribution >= 4 is 5.84 Å². The molecule has 2 atom stereocenters. The SMILES string of the molecule is CC1CN(Cc2cccc(/C(N)=N/O)c2)CC(C)N1C. The minimum absolute atomic E-state index is 0.159. The summed E-state index contributed by atoms with van der Waals surface area (Å²) in [5.41, 5.74) is 7.60. The third-order valence-electron chi connectivity index (χ3n) is 4.17. The van der Waals surface area contributed by atoms with Crippen LogP contribution in [0.2, 0.25) is 0 Å².